The van der Waals surface area contributed by atoms with E-state index >= 15 is 0 Å². The molecule has 0 aliphatic heterocycles. The number of hydrogen-bond acceptors (Lipinski definition) is 2. The second-order valence-electron chi connectivity index (χ2n) is 5.40. The van der Waals surface area contributed by atoms with Crippen LogP contribution in [-0.2, 0) is 6.42 Å². The van der Waals surface area contributed by atoms with Crippen LogP contribution < -0.4 is 5.43 Å². The molecular weight excluding hydrogens is 208 g/mol. The fraction of sp³-hybridized carbons (Fsp3) is 0.533. The average molecular weight is 232 g/mol. The molecule has 0 atom stereocenters. The standard InChI is InChI=1S/C15H24N2/c1-15(2,3)17-16-13-9-5-8-12-14-10-6-4-7-11-14/h4,6-7,10-11,13,17H,5,8-9,12H2,1-3H3/b16-13-. The molecule has 0 aromatic heterocycles. The second kappa shape index (κ2) is 7.10. The summed E-state index contributed by atoms with van der Waals surface area (Å²) < 4.78 is 0. The van der Waals surface area contributed by atoms with Gasteiger partial charge in [-0.15, -0.1) is 0 Å². The number of hydrazone groups is 1. The van der Waals surface area contributed by atoms with Gasteiger partial charge in [-0.3, -0.25) is 0 Å². The molecule has 0 heterocycles. The predicted octanol–water partition coefficient (Wildman–Crippen LogP) is 3.77. The van der Waals surface area contributed by atoms with E-state index in [0.29, 0.717) is 0 Å². The highest BCUT2D eigenvalue weighted by molar-refractivity contribution is 5.56. The van der Waals surface area contributed by atoms with Crippen LogP contribution in [0.5, 0.6) is 0 Å². The molecule has 0 fully saturated rings. The number of nitrogens with zero attached hydrogens (tertiary/aromatic N) is 1. The summed E-state index contributed by atoms with van der Waals surface area (Å²) in [5.74, 6) is 0. The quantitative estimate of drug-likeness (QED) is 0.450. The van der Waals surface area contributed by atoms with Gasteiger partial charge in [-0.05, 0) is 52.0 Å². The van der Waals surface area contributed by atoms with Gasteiger partial charge < -0.3 is 5.43 Å². The van der Waals surface area contributed by atoms with Gasteiger partial charge in [0.1, 0.15) is 0 Å². The third kappa shape index (κ3) is 7.56. The lowest BCUT2D eigenvalue weighted by molar-refractivity contribution is 0.441. The van der Waals surface area contributed by atoms with Gasteiger partial charge in [-0.2, -0.15) is 5.10 Å². The maximum atomic E-state index is 4.21. The molecule has 1 aromatic rings. The van der Waals surface area contributed by atoms with Crippen LogP contribution in [0.4, 0.5) is 0 Å². The minimum absolute atomic E-state index is 0.0700. The number of unbranched alkanes of at least 4 members (excludes halogenated alkanes) is 2. The Morgan fingerprint density at radius 1 is 1.12 bits per heavy atom. The molecule has 2 nitrogen and oxygen atoms in total. The molecule has 0 bridgehead atoms. The van der Waals surface area contributed by atoms with Crippen molar-refractivity contribution in [2.45, 2.75) is 52.0 Å². The highest BCUT2D eigenvalue weighted by atomic mass is 15.3. The molecule has 0 aliphatic carbocycles. The Kier molecular flexibility index (Phi) is 5.75. The Bertz CT molecular complexity index is 323. The normalized spacial score (nSPS) is 11.9. The fourth-order valence-corrected chi connectivity index (χ4v) is 1.51. The Morgan fingerprint density at radius 3 is 2.47 bits per heavy atom. The van der Waals surface area contributed by atoms with Gasteiger partial charge >= 0.3 is 0 Å². The maximum absolute atomic E-state index is 4.21. The zero-order chi connectivity index (χ0) is 12.6. The van der Waals surface area contributed by atoms with Crippen LogP contribution in [-0.4, -0.2) is 11.8 Å². The molecule has 94 valence electrons. The van der Waals surface area contributed by atoms with Gasteiger partial charge in [0.2, 0.25) is 0 Å². The zero-order valence-electron chi connectivity index (χ0n) is 11.2. The molecule has 0 amide bonds. The van der Waals surface area contributed by atoms with Crippen molar-refractivity contribution in [2.75, 3.05) is 0 Å². The van der Waals surface area contributed by atoms with E-state index in [0.717, 1.165) is 6.42 Å². The van der Waals surface area contributed by atoms with E-state index in [2.05, 4.69) is 61.6 Å². The molecule has 17 heavy (non-hydrogen) atoms. The highest BCUT2D eigenvalue weighted by Crippen LogP contribution is 2.05. The monoisotopic (exact) mass is 232 g/mol. The van der Waals surface area contributed by atoms with E-state index < -0.39 is 0 Å². The molecule has 0 saturated heterocycles. The SMILES string of the molecule is CC(C)(C)N/N=C\CCCCc1ccccc1. The Hall–Kier alpha value is -1.31. The van der Waals surface area contributed by atoms with E-state index in [-0.39, 0.29) is 5.54 Å². The molecule has 0 saturated carbocycles. The smallest absolute Gasteiger partial charge is 0.0464 e. The van der Waals surface area contributed by atoms with Crippen molar-refractivity contribution in [3.63, 3.8) is 0 Å². The summed E-state index contributed by atoms with van der Waals surface area (Å²) in [6.45, 7) is 6.33. The zero-order valence-corrected chi connectivity index (χ0v) is 11.2. The first-order valence-electron chi connectivity index (χ1n) is 6.40. The number of nitrogens with one attached hydrogen (secondary N) is 1. The van der Waals surface area contributed by atoms with Gasteiger partial charge in [0.15, 0.2) is 0 Å². The van der Waals surface area contributed by atoms with Crippen LogP contribution in [0.2, 0.25) is 0 Å². The molecular formula is C15H24N2. The third-order valence-electron chi connectivity index (χ3n) is 2.38. The van der Waals surface area contributed by atoms with Crippen LogP contribution in [0.1, 0.15) is 45.6 Å². The minimum atomic E-state index is 0.0700. The first-order chi connectivity index (χ1) is 8.08. The molecule has 0 aliphatic rings. The van der Waals surface area contributed by atoms with Crippen LogP contribution in [0.25, 0.3) is 0 Å². The number of aryl methyl sites for hydroxylation is 1. The Balaban J connectivity index is 2.05. The first kappa shape index (κ1) is 13.8. The van der Waals surface area contributed by atoms with Crippen molar-refractivity contribution in [3.05, 3.63) is 35.9 Å². The van der Waals surface area contributed by atoms with Gasteiger partial charge in [-0.25, -0.2) is 0 Å². The number of benzene rings is 1. The lowest BCUT2D eigenvalue weighted by Crippen LogP contribution is -2.31. The minimum Gasteiger partial charge on any atom is -0.305 e. The predicted molar refractivity (Wildman–Crippen MR) is 75.4 cm³/mol. The maximum Gasteiger partial charge on any atom is 0.0464 e. The largest absolute Gasteiger partial charge is 0.305 e. The molecule has 2 heteroatoms. The van der Waals surface area contributed by atoms with Crippen molar-refractivity contribution in [3.8, 4) is 0 Å². The summed E-state index contributed by atoms with van der Waals surface area (Å²) in [6, 6.07) is 10.6. The van der Waals surface area contributed by atoms with Crippen molar-refractivity contribution in [1.29, 1.82) is 0 Å². The van der Waals surface area contributed by atoms with Crippen molar-refractivity contribution in [2.24, 2.45) is 5.10 Å². The van der Waals surface area contributed by atoms with Gasteiger partial charge in [0.25, 0.3) is 0 Å². The molecule has 0 unspecified atom stereocenters. The summed E-state index contributed by atoms with van der Waals surface area (Å²) in [5, 5.41) is 4.21. The van der Waals surface area contributed by atoms with Gasteiger partial charge in [-0.1, -0.05) is 30.3 Å². The number of hydrogen-bond donors (Lipinski definition) is 1. The van der Waals surface area contributed by atoms with Gasteiger partial charge in [0, 0.05) is 11.8 Å². The van der Waals surface area contributed by atoms with E-state index in [9.17, 15) is 0 Å². The Morgan fingerprint density at radius 2 is 1.82 bits per heavy atom. The summed E-state index contributed by atoms with van der Waals surface area (Å²) in [7, 11) is 0. The Labute approximate surface area is 105 Å². The van der Waals surface area contributed by atoms with Crippen LogP contribution >= 0.6 is 0 Å². The molecule has 0 radical (unpaired) electrons. The highest BCUT2D eigenvalue weighted by Gasteiger charge is 2.05. The average Bonchev–Trinajstić information content (AvgIpc) is 2.28. The summed E-state index contributed by atoms with van der Waals surface area (Å²) in [4.78, 5) is 0. The fourth-order valence-electron chi connectivity index (χ4n) is 1.51. The van der Waals surface area contributed by atoms with E-state index in [1.165, 1.54) is 24.8 Å². The van der Waals surface area contributed by atoms with Crippen molar-refractivity contribution >= 4 is 6.21 Å². The van der Waals surface area contributed by atoms with Crippen LogP contribution in [0.3, 0.4) is 0 Å². The van der Waals surface area contributed by atoms with Crippen LogP contribution in [0.15, 0.2) is 35.4 Å². The number of rotatable bonds is 6. The van der Waals surface area contributed by atoms with Gasteiger partial charge in [0.05, 0.1) is 0 Å². The first-order valence-corrected chi connectivity index (χ1v) is 6.40. The molecule has 1 N–H and O–H groups in total. The summed E-state index contributed by atoms with van der Waals surface area (Å²) in [6.07, 6.45) is 6.63. The topological polar surface area (TPSA) is 24.4 Å². The van der Waals surface area contributed by atoms with Crippen LogP contribution in [0, 0.1) is 0 Å². The second-order valence-corrected chi connectivity index (χ2v) is 5.40. The molecule has 1 aromatic carbocycles. The van der Waals surface area contributed by atoms with E-state index in [1.54, 1.807) is 0 Å². The summed E-state index contributed by atoms with van der Waals surface area (Å²) in [5.41, 5.74) is 4.60. The lowest BCUT2D eigenvalue weighted by Gasteiger charge is -2.16. The molecule has 1 rings (SSSR count). The molecule has 0 spiro atoms. The van der Waals surface area contributed by atoms with Crippen molar-refractivity contribution < 1.29 is 0 Å². The van der Waals surface area contributed by atoms with E-state index in [1.807, 2.05) is 6.21 Å². The lowest BCUT2D eigenvalue weighted by atomic mass is 10.1. The summed E-state index contributed by atoms with van der Waals surface area (Å²) >= 11 is 0. The van der Waals surface area contributed by atoms with E-state index in [4.69, 9.17) is 0 Å². The third-order valence-corrected chi connectivity index (χ3v) is 2.38. The van der Waals surface area contributed by atoms with Crippen molar-refractivity contribution in [1.82, 2.24) is 5.43 Å².